The Hall–Kier alpha value is -2.96. The highest BCUT2D eigenvalue weighted by Crippen LogP contribution is 2.19. The largest absolute Gasteiger partial charge is 0.370 e. The number of nitrogens with zero attached hydrogens (tertiary/aromatic N) is 4. The van der Waals surface area contributed by atoms with Crippen molar-refractivity contribution in [3.63, 3.8) is 0 Å². The zero-order valence-corrected chi connectivity index (χ0v) is 16.3. The molecule has 2 heterocycles. The summed E-state index contributed by atoms with van der Waals surface area (Å²) in [5.74, 6) is 1.08. The Morgan fingerprint density at radius 2 is 1.86 bits per heavy atom. The van der Waals surface area contributed by atoms with E-state index >= 15 is 0 Å². The molecule has 2 aromatic rings. The summed E-state index contributed by atoms with van der Waals surface area (Å²) in [6, 6.07) is 11.4. The lowest BCUT2D eigenvalue weighted by Gasteiger charge is -2.32. The summed E-state index contributed by atoms with van der Waals surface area (Å²) >= 11 is 0. The Morgan fingerprint density at radius 1 is 1.11 bits per heavy atom. The molecule has 3 rings (SSSR count). The first-order valence-corrected chi connectivity index (χ1v) is 9.88. The fourth-order valence-electron chi connectivity index (χ4n) is 3.15. The van der Waals surface area contributed by atoms with Crippen LogP contribution in [-0.2, 0) is 4.79 Å². The van der Waals surface area contributed by atoms with Crippen molar-refractivity contribution in [3.05, 3.63) is 42.1 Å². The number of amides is 2. The third-order valence-electron chi connectivity index (χ3n) is 4.81. The summed E-state index contributed by atoms with van der Waals surface area (Å²) in [6.07, 6.45) is 4.18. The average Bonchev–Trinajstić information content (AvgIpc) is 2.76. The van der Waals surface area contributed by atoms with E-state index in [-0.39, 0.29) is 5.91 Å². The number of aromatic nitrogens is 2. The molecular formula is C21H27N5O2. The fraction of sp³-hybridized carbons (Fsp3) is 0.429. The van der Waals surface area contributed by atoms with E-state index < -0.39 is 0 Å². The van der Waals surface area contributed by atoms with E-state index in [1.54, 1.807) is 15.9 Å². The summed E-state index contributed by atoms with van der Waals surface area (Å²) in [7, 11) is 0. The Labute approximate surface area is 165 Å². The molecule has 1 saturated heterocycles. The van der Waals surface area contributed by atoms with Gasteiger partial charge in [0.2, 0.25) is 6.41 Å². The number of hydrogen-bond acceptors (Lipinski definition) is 5. The third-order valence-corrected chi connectivity index (χ3v) is 4.81. The van der Waals surface area contributed by atoms with Gasteiger partial charge in [-0.05, 0) is 6.42 Å². The van der Waals surface area contributed by atoms with Gasteiger partial charge in [0.25, 0.3) is 5.91 Å². The topological polar surface area (TPSA) is 78.4 Å². The minimum absolute atomic E-state index is 0.123. The van der Waals surface area contributed by atoms with Gasteiger partial charge >= 0.3 is 0 Å². The highest BCUT2D eigenvalue weighted by Gasteiger charge is 2.23. The van der Waals surface area contributed by atoms with E-state index in [9.17, 15) is 9.59 Å². The standard InChI is InChI=1S/C21H27N5O2/c1-2-3-7-10-22-19-15-18(21(28)26-13-11-25(16-27)12-14-26)23-20(24-19)17-8-5-4-6-9-17/h4-6,8-9,15-16H,2-3,7,10-14H2,1H3,(H,22,23,24). The van der Waals surface area contributed by atoms with E-state index in [1.165, 1.54) is 0 Å². The van der Waals surface area contributed by atoms with Crippen molar-refractivity contribution in [2.75, 3.05) is 38.0 Å². The van der Waals surface area contributed by atoms with Crippen molar-refractivity contribution >= 4 is 18.1 Å². The summed E-state index contributed by atoms with van der Waals surface area (Å²) in [5.41, 5.74) is 1.26. The summed E-state index contributed by atoms with van der Waals surface area (Å²) in [6.45, 7) is 5.11. The molecule has 1 aliphatic rings. The van der Waals surface area contributed by atoms with E-state index in [1.807, 2.05) is 30.3 Å². The minimum atomic E-state index is -0.123. The summed E-state index contributed by atoms with van der Waals surface area (Å²) < 4.78 is 0. The van der Waals surface area contributed by atoms with Crippen LogP contribution in [0, 0.1) is 0 Å². The highest BCUT2D eigenvalue weighted by molar-refractivity contribution is 5.93. The van der Waals surface area contributed by atoms with Gasteiger partial charge in [-0.25, -0.2) is 9.97 Å². The number of unbranched alkanes of at least 4 members (excludes halogenated alkanes) is 2. The Bertz CT molecular complexity index is 789. The van der Waals surface area contributed by atoms with E-state index in [4.69, 9.17) is 0 Å². The van der Waals surface area contributed by atoms with Gasteiger partial charge in [0, 0.05) is 44.4 Å². The molecule has 1 aromatic carbocycles. The van der Waals surface area contributed by atoms with Crippen LogP contribution in [0.4, 0.5) is 5.82 Å². The van der Waals surface area contributed by atoms with Gasteiger partial charge in [-0.2, -0.15) is 0 Å². The third kappa shape index (κ3) is 5.06. The lowest BCUT2D eigenvalue weighted by molar-refractivity contribution is -0.119. The van der Waals surface area contributed by atoms with Gasteiger partial charge < -0.3 is 15.1 Å². The molecule has 1 aliphatic heterocycles. The van der Waals surface area contributed by atoms with E-state index in [0.717, 1.165) is 37.8 Å². The first-order valence-electron chi connectivity index (χ1n) is 9.88. The predicted molar refractivity (Wildman–Crippen MR) is 109 cm³/mol. The lowest BCUT2D eigenvalue weighted by Crippen LogP contribution is -2.48. The van der Waals surface area contributed by atoms with Gasteiger partial charge in [0.15, 0.2) is 5.82 Å². The first-order chi connectivity index (χ1) is 13.7. The fourth-order valence-corrected chi connectivity index (χ4v) is 3.15. The SMILES string of the molecule is CCCCCNc1cc(C(=O)N2CCN(C=O)CC2)nc(-c2ccccc2)n1. The van der Waals surface area contributed by atoms with Crippen molar-refractivity contribution in [3.8, 4) is 11.4 Å². The van der Waals surface area contributed by atoms with Crippen molar-refractivity contribution in [2.45, 2.75) is 26.2 Å². The average molecular weight is 381 g/mol. The van der Waals surface area contributed by atoms with Crippen LogP contribution in [0.25, 0.3) is 11.4 Å². The van der Waals surface area contributed by atoms with E-state index in [2.05, 4.69) is 22.2 Å². The number of carbonyl (C=O) groups excluding carboxylic acids is 2. The number of piperazine rings is 1. The maximum Gasteiger partial charge on any atom is 0.272 e. The first kappa shape index (κ1) is 19.8. The zero-order chi connectivity index (χ0) is 19.8. The lowest BCUT2D eigenvalue weighted by atomic mass is 10.2. The molecule has 28 heavy (non-hydrogen) atoms. The number of carbonyl (C=O) groups is 2. The minimum Gasteiger partial charge on any atom is -0.370 e. The molecule has 0 atom stereocenters. The predicted octanol–water partition coefficient (Wildman–Crippen LogP) is 2.66. The van der Waals surface area contributed by atoms with Gasteiger partial charge in [-0.15, -0.1) is 0 Å². The van der Waals surface area contributed by atoms with Crippen LogP contribution in [0.5, 0.6) is 0 Å². The molecule has 148 valence electrons. The molecular weight excluding hydrogens is 354 g/mol. The Balaban J connectivity index is 1.82. The van der Waals surface area contributed by atoms with Gasteiger partial charge in [0.05, 0.1) is 0 Å². The second-order valence-corrected chi connectivity index (χ2v) is 6.90. The molecule has 1 N–H and O–H groups in total. The van der Waals surface area contributed by atoms with Crippen LogP contribution in [0.15, 0.2) is 36.4 Å². The van der Waals surface area contributed by atoms with Crippen molar-refractivity contribution in [2.24, 2.45) is 0 Å². The van der Waals surface area contributed by atoms with Crippen LogP contribution in [-0.4, -0.2) is 64.8 Å². The maximum atomic E-state index is 13.0. The summed E-state index contributed by atoms with van der Waals surface area (Å²) in [4.78, 5) is 36.5. The van der Waals surface area contributed by atoms with Gasteiger partial charge in [0.1, 0.15) is 11.5 Å². The second kappa shape index (κ2) is 9.82. The number of nitrogens with one attached hydrogen (secondary N) is 1. The number of benzene rings is 1. The van der Waals surface area contributed by atoms with Crippen LogP contribution in [0.2, 0.25) is 0 Å². The Morgan fingerprint density at radius 3 is 2.54 bits per heavy atom. The quantitative estimate of drug-likeness (QED) is 0.562. The second-order valence-electron chi connectivity index (χ2n) is 6.90. The molecule has 1 aromatic heterocycles. The molecule has 1 fully saturated rings. The number of rotatable bonds is 8. The molecule has 0 unspecified atom stereocenters. The van der Waals surface area contributed by atoms with Gasteiger partial charge in [-0.1, -0.05) is 50.1 Å². The molecule has 7 nitrogen and oxygen atoms in total. The smallest absolute Gasteiger partial charge is 0.272 e. The number of anilines is 1. The van der Waals surface area contributed by atoms with Crippen molar-refractivity contribution in [1.82, 2.24) is 19.8 Å². The Kier molecular flexibility index (Phi) is 6.94. The maximum absolute atomic E-state index is 13.0. The molecule has 0 bridgehead atoms. The molecule has 0 aliphatic carbocycles. The van der Waals surface area contributed by atoms with E-state index in [0.29, 0.717) is 43.5 Å². The van der Waals surface area contributed by atoms with Gasteiger partial charge in [-0.3, -0.25) is 9.59 Å². The molecule has 2 amide bonds. The number of hydrogen-bond donors (Lipinski definition) is 1. The van der Waals surface area contributed by atoms with Crippen LogP contribution >= 0.6 is 0 Å². The monoisotopic (exact) mass is 381 g/mol. The normalized spacial score (nSPS) is 14.0. The molecule has 0 saturated carbocycles. The molecule has 0 spiro atoms. The highest BCUT2D eigenvalue weighted by atomic mass is 16.2. The van der Waals surface area contributed by atoms with Crippen LogP contribution in [0.1, 0.15) is 36.7 Å². The molecule has 7 heteroatoms. The van der Waals surface area contributed by atoms with Crippen molar-refractivity contribution in [1.29, 1.82) is 0 Å². The van der Waals surface area contributed by atoms with Crippen LogP contribution in [0.3, 0.4) is 0 Å². The molecule has 0 radical (unpaired) electrons. The van der Waals surface area contributed by atoms with Crippen LogP contribution < -0.4 is 5.32 Å². The summed E-state index contributed by atoms with van der Waals surface area (Å²) in [5, 5.41) is 3.33. The zero-order valence-electron chi connectivity index (χ0n) is 16.3. The van der Waals surface area contributed by atoms with Crippen molar-refractivity contribution < 1.29 is 9.59 Å².